The third-order valence-electron chi connectivity index (χ3n) is 5.12. The molecule has 0 spiro atoms. The fourth-order valence-corrected chi connectivity index (χ4v) is 8.44. The topological polar surface area (TPSA) is 0 Å². The molecule has 0 nitrogen and oxygen atoms in total. The molecule has 0 bridgehead atoms. The Kier molecular flexibility index (Phi) is 3.05. The van der Waals surface area contributed by atoms with Crippen LogP contribution in [0.25, 0.3) is 0 Å². The van der Waals surface area contributed by atoms with Crippen molar-refractivity contribution in [1.82, 2.24) is 0 Å². The van der Waals surface area contributed by atoms with Gasteiger partial charge >= 0.3 is 0 Å². The van der Waals surface area contributed by atoms with Gasteiger partial charge in [-0.2, -0.15) is 0 Å². The van der Waals surface area contributed by atoms with Crippen molar-refractivity contribution in [3.05, 3.63) is 27.7 Å². The summed E-state index contributed by atoms with van der Waals surface area (Å²) >= 11 is 0. The first kappa shape index (κ1) is 12.4. The van der Waals surface area contributed by atoms with E-state index >= 15 is 0 Å². The van der Waals surface area contributed by atoms with Crippen LogP contribution in [0.5, 0.6) is 0 Å². The zero-order chi connectivity index (χ0) is 10.8. The molecule has 0 aromatic heterocycles. The van der Waals surface area contributed by atoms with E-state index in [2.05, 4.69) is 27.7 Å². The fraction of sp³-hybridized carbons (Fsp3) is 0.692. The fourth-order valence-electron chi connectivity index (χ4n) is 2.93. The van der Waals surface area contributed by atoms with E-state index in [1.165, 1.54) is 30.8 Å². The van der Waals surface area contributed by atoms with Crippen molar-refractivity contribution in [1.29, 1.82) is 0 Å². The van der Waals surface area contributed by atoms with Crippen LogP contribution in [0.2, 0.25) is 0 Å². The van der Waals surface area contributed by atoms with Gasteiger partial charge in [-0.15, -0.1) is 0 Å². The quantitative estimate of drug-likeness (QED) is 0.673. The molecule has 0 atom stereocenters. The minimum atomic E-state index is -2.04. The standard InChI is InChI=1S/C13H26S/c1-5-14(6-2,7-3,8-4)12-10-9-11-13-14/h1-13H2. The van der Waals surface area contributed by atoms with Gasteiger partial charge in [0.2, 0.25) is 0 Å². The molecule has 1 saturated heterocycles. The van der Waals surface area contributed by atoms with Crippen molar-refractivity contribution in [3.8, 4) is 0 Å². The number of rotatable bonds is 4. The van der Waals surface area contributed by atoms with E-state index in [0.29, 0.717) is 0 Å². The summed E-state index contributed by atoms with van der Waals surface area (Å²) in [5, 5.41) is 0. The Morgan fingerprint density at radius 2 is 1.00 bits per heavy atom. The minimum Gasteiger partial charge on any atom is -0.274 e. The molecule has 14 heavy (non-hydrogen) atoms. The Morgan fingerprint density at radius 3 is 1.21 bits per heavy atom. The van der Waals surface area contributed by atoms with Crippen LogP contribution in [-0.2, 0) is 0 Å². The lowest BCUT2D eigenvalue weighted by Crippen LogP contribution is -2.52. The lowest BCUT2D eigenvalue weighted by atomic mass is 10.3. The third kappa shape index (κ3) is 1.35. The van der Waals surface area contributed by atoms with Crippen LogP contribution in [0.3, 0.4) is 0 Å². The highest BCUT2D eigenvalue weighted by molar-refractivity contribution is 8.64. The molecule has 1 fully saturated rings. The average Bonchev–Trinajstić information content (AvgIpc) is 2.31. The monoisotopic (exact) mass is 214 g/mol. The van der Waals surface area contributed by atoms with Gasteiger partial charge < -0.3 is 0 Å². The van der Waals surface area contributed by atoms with Gasteiger partial charge in [0, 0.05) is 0 Å². The van der Waals surface area contributed by atoms with Crippen molar-refractivity contribution in [2.45, 2.75) is 19.3 Å². The van der Waals surface area contributed by atoms with Gasteiger partial charge in [-0.25, -0.2) is 0 Å². The van der Waals surface area contributed by atoms with Crippen LogP contribution in [0.15, 0.2) is 0 Å². The van der Waals surface area contributed by atoms with E-state index in [-0.39, 0.29) is 0 Å². The van der Waals surface area contributed by atoms with Crippen LogP contribution in [-0.4, -0.2) is 34.5 Å². The Bertz CT molecular complexity index is 174. The van der Waals surface area contributed by atoms with Gasteiger partial charge in [0.1, 0.15) is 0 Å². The van der Waals surface area contributed by atoms with Crippen LogP contribution >= 0.6 is 8.29 Å². The lowest BCUT2D eigenvalue weighted by molar-refractivity contribution is 0.734. The van der Waals surface area contributed by atoms with Crippen LogP contribution in [0.4, 0.5) is 0 Å². The van der Waals surface area contributed by atoms with Crippen molar-refractivity contribution >= 4 is 8.29 Å². The molecule has 0 unspecified atom stereocenters. The van der Waals surface area contributed by atoms with E-state index in [0.717, 1.165) is 23.0 Å². The lowest BCUT2D eigenvalue weighted by Gasteiger charge is -2.81. The summed E-state index contributed by atoms with van der Waals surface area (Å²) in [5.41, 5.74) is 0. The zero-order valence-electron chi connectivity index (χ0n) is 9.60. The molecule has 0 amide bonds. The zero-order valence-corrected chi connectivity index (χ0v) is 10.4. The highest BCUT2D eigenvalue weighted by atomic mass is 32.4. The Hall–Kier alpha value is 0.350. The molecule has 0 saturated carbocycles. The van der Waals surface area contributed by atoms with E-state index < -0.39 is 8.29 Å². The largest absolute Gasteiger partial charge is 0.274 e. The molecular weight excluding hydrogens is 188 g/mol. The van der Waals surface area contributed by atoms with E-state index in [1.807, 2.05) is 0 Å². The number of hydrogen-bond acceptors (Lipinski definition) is 0. The molecule has 1 aliphatic rings. The van der Waals surface area contributed by atoms with Gasteiger partial charge in [0.25, 0.3) is 0 Å². The van der Waals surface area contributed by atoms with Crippen molar-refractivity contribution in [3.63, 3.8) is 0 Å². The molecular formula is C13H26S. The van der Waals surface area contributed by atoms with E-state index in [4.69, 9.17) is 0 Å². The van der Waals surface area contributed by atoms with Gasteiger partial charge in [0.05, 0.1) is 0 Å². The molecule has 1 rings (SSSR count). The first-order valence-corrected chi connectivity index (χ1v) is 9.20. The van der Waals surface area contributed by atoms with Crippen molar-refractivity contribution in [2.24, 2.45) is 0 Å². The molecule has 0 aromatic rings. The van der Waals surface area contributed by atoms with Gasteiger partial charge in [-0.3, -0.25) is 8.29 Å². The maximum Gasteiger partial charge on any atom is -0.0335 e. The Balaban J connectivity index is 3.20. The summed E-state index contributed by atoms with van der Waals surface area (Å²) in [6, 6.07) is 0. The van der Waals surface area contributed by atoms with Gasteiger partial charge in [-0.05, 0) is 75.1 Å². The molecule has 1 heterocycles. The third-order valence-corrected chi connectivity index (χ3v) is 14.4. The average molecular weight is 214 g/mol. The molecule has 4 radical (unpaired) electrons. The Morgan fingerprint density at radius 1 is 0.643 bits per heavy atom. The van der Waals surface area contributed by atoms with Crippen LogP contribution in [0, 0.1) is 27.7 Å². The first-order valence-electron chi connectivity index (χ1n) is 5.73. The SMILES string of the molecule is [CH2]CS1(C[CH2])(C[CH2])(C[CH2])CCCCC1. The predicted octanol–water partition coefficient (Wildman–Crippen LogP) is 3.38. The second-order valence-electron chi connectivity index (χ2n) is 5.35. The second kappa shape index (κ2) is 3.43. The number of hydrogen-bond donors (Lipinski definition) is 0. The second-order valence-corrected chi connectivity index (χ2v) is 13.9. The normalized spacial score (nSPS) is 33.4. The summed E-state index contributed by atoms with van der Waals surface area (Å²) in [7, 11) is -2.04. The smallest absolute Gasteiger partial charge is 0.0335 e. The molecule has 0 aliphatic carbocycles. The van der Waals surface area contributed by atoms with Gasteiger partial charge in [-0.1, -0.05) is 6.42 Å². The summed E-state index contributed by atoms with van der Waals surface area (Å²) < 4.78 is 0. The molecule has 0 N–H and O–H groups in total. The summed E-state index contributed by atoms with van der Waals surface area (Å²) in [5.74, 6) is 6.96. The highest BCUT2D eigenvalue weighted by Crippen LogP contribution is 2.89. The van der Waals surface area contributed by atoms with Crippen LogP contribution < -0.4 is 0 Å². The minimum absolute atomic E-state index is 1.07. The maximum atomic E-state index is 4.27. The maximum absolute atomic E-state index is 4.27. The van der Waals surface area contributed by atoms with Gasteiger partial charge in [0.15, 0.2) is 0 Å². The summed E-state index contributed by atoms with van der Waals surface area (Å²) in [6.45, 7) is 17.1. The van der Waals surface area contributed by atoms with Crippen LogP contribution in [0.1, 0.15) is 19.3 Å². The van der Waals surface area contributed by atoms with Crippen molar-refractivity contribution < 1.29 is 0 Å². The van der Waals surface area contributed by atoms with E-state index in [1.54, 1.807) is 0 Å². The molecule has 84 valence electrons. The van der Waals surface area contributed by atoms with Crippen molar-refractivity contribution in [2.75, 3.05) is 34.5 Å². The van der Waals surface area contributed by atoms with E-state index in [9.17, 15) is 0 Å². The summed E-state index contributed by atoms with van der Waals surface area (Å²) in [6.07, 6.45) is 4.11. The molecule has 0 aromatic carbocycles. The summed E-state index contributed by atoms with van der Waals surface area (Å²) in [4.78, 5) is 0. The predicted molar refractivity (Wildman–Crippen MR) is 72.1 cm³/mol. The highest BCUT2D eigenvalue weighted by Gasteiger charge is 2.55. The molecule has 1 heteroatoms. The Labute approximate surface area is 90.1 Å². The molecule has 1 aliphatic heterocycles. The first-order chi connectivity index (χ1) is 6.56.